The molecule has 0 aromatic heterocycles. The van der Waals surface area contributed by atoms with Gasteiger partial charge in [0.25, 0.3) is 0 Å². The first kappa shape index (κ1) is 15.3. The van der Waals surface area contributed by atoms with Crippen molar-refractivity contribution < 1.29 is 0 Å². The molecule has 0 radical (unpaired) electrons. The van der Waals surface area contributed by atoms with Crippen LogP contribution in [0.2, 0.25) is 0 Å². The van der Waals surface area contributed by atoms with Crippen molar-refractivity contribution in [2.24, 2.45) is 5.73 Å². The van der Waals surface area contributed by atoms with E-state index < -0.39 is 0 Å². The molecule has 20 heavy (non-hydrogen) atoms. The number of aryl methyl sites for hydroxylation is 2. The SMILES string of the molecule is CCCCc1ccc(C(N)c2ccc(Br)cc2C)cc1. The molecule has 0 aliphatic rings. The topological polar surface area (TPSA) is 26.0 Å². The summed E-state index contributed by atoms with van der Waals surface area (Å²) in [4.78, 5) is 0. The van der Waals surface area contributed by atoms with Gasteiger partial charge in [-0.05, 0) is 54.2 Å². The van der Waals surface area contributed by atoms with Crippen LogP contribution < -0.4 is 5.73 Å². The Morgan fingerprint density at radius 1 is 1.10 bits per heavy atom. The molecule has 0 aliphatic carbocycles. The Bertz CT molecular complexity index is 560. The molecule has 1 nitrogen and oxygen atoms in total. The normalized spacial score (nSPS) is 12.4. The molecule has 0 aliphatic heterocycles. The van der Waals surface area contributed by atoms with Gasteiger partial charge in [0.15, 0.2) is 0 Å². The summed E-state index contributed by atoms with van der Waals surface area (Å²) in [5.41, 5.74) is 11.4. The number of benzene rings is 2. The number of rotatable bonds is 5. The zero-order valence-electron chi connectivity index (χ0n) is 12.2. The number of halogens is 1. The van der Waals surface area contributed by atoms with Crippen LogP contribution in [-0.4, -0.2) is 0 Å². The van der Waals surface area contributed by atoms with E-state index in [1.165, 1.54) is 35.1 Å². The van der Waals surface area contributed by atoms with Gasteiger partial charge in [0.2, 0.25) is 0 Å². The summed E-state index contributed by atoms with van der Waals surface area (Å²) < 4.78 is 1.10. The minimum atomic E-state index is -0.0525. The fraction of sp³-hybridized carbons (Fsp3) is 0.333. The minimum absolute atomic E-state index is 0.0525. The van der Waals surface area contributed by atoms with Crippen LogP contribution in [0.15, 0.2) is 46.9 Å². The minimum Gasteiger partial charge on any atom is -0.320 e. The number of hydrogen-bond acceptors (Lipinski definition) is 1. The lowest BCUT2D eigenvalue weighted by Gasteiger charge is -2.16. The third kappa shape index (κ3) is 3.71. The van der Waals surface area contributed by atoms with Crippen molar-refractivity contribution >= 4 is 15.9 Å². The molecular formula is C18H22BrN. The molecule has 1 atom stereocenters. The van der Waals surface area contributed by atoms with Crippen LogP contribution >= 0.6 is 15.9 Å². The maximum absolute atomic E-state index is 6.40. The summed E-state index contributed by atoms with van der Waals surface area (Å²) in [7, 11) is 0. The summed E-state index contributed by atoms with van der Waals surface area (Å²) in [5, 5.41) is 0. The smallest absolute Gasteiger partial charge is 0.0554 e. The highest BCUT2D eigenvalue weighted by Gasteiger charge is 2.11. The average Bonchev–Trinajstić information content (AvgIpc) is 2.45. The second-order valence-corrected chi connectivity index (χ2v) is 6.24. The Morgan fingerprint density at radius 3 is 2.40 bits per heavy atom. The van der Waals surface area contributed by atoms with Gasteiger partial charge in [-0.25, -0.2) is 0 Å². The summed E-state index contributed by atoms with van der Waals surface area (Å²) in [6, 6.07) is 15.0. The Balaban J connectivity index is 2.18. The molecular weight excluding hydrogens is 310 g/mol. The molecule has 1 unspecified atom stereocenters. The molecule has 0 fully saturated rings. The van der Waals surface area contributed by atoms with Crippen LogP contribution in [0.25, 0.3) is 0 Å². The molecule has 2 aromatic rings. The van der Waals surface area contributed by atoms with Crippen molar-refractivity contribution in [3.8, 4) is 0 Å². The number of nitrogens with two attached hydrogens (primary N) is 1. The van der Waals surface area contributed by atoms with Crippen molar-refractivity contribution in [2.75, 3.05) is 0 Å². The molecule has 2 aromatic carbocycles. The lowest BCUT2D eigenvalue weighted by molar-refractivity contribution is 0.793. The third-order valence-electron chi connectivity index (χ3n) is 3.72. The van der Waals surface area contributed by atoms with Crippen molar-refractivity contribution in [3.05, 3.63) is 69.2 Å². The van der Waals surface area contributed by atoms with E-state index in [1.807, 2.05) is 0 Å². The van der Waals surface area contributed by atoms with Crippen LogP contribution in [0.1, 0.15) is 48.1 Å². The molecule has 0 spiro atoms. The van der Waals surface area contributed by atoms with E-state index in [-0.39, 0.29) is 6.04 Å². The fourth-order valence-corrected chi connectivity index (χ4v) is 2.92. The van der Waals surface area contributed by atoms with Crippen LogP contribution in [-0.2, 0) is 6.42 Å². The van der Waals surface area contributed by atoms with Crippen LogP contribution in [0.3, 0.4) is 0 Å². The molecule has 2 N–H and O–H groups in total. The molecule has 2 rings (SSSR count). The van der Waals surface area contributed by atoms with E-state index in [0.717, 1.165) is 10.9 Å². The van der Waals surface area contributed by atoms with E-state index in [9.17, 15) is 0 Å². The standard InChI is InChI=1S/C18H22BrN/c1-3-4-5-14-6-8-15(9-7-14)18(20)17-11-10-16(19)12-13(17)2/h6-12,18H,3-5,20H2,1-2H3. The van der Waals surface area contributed by atoms with Gasteiger partial charge < -0.3 is 5.73 Å². The van der Waals surface area contributed by atoms with E-state index >= 15 is 0 Å². The largest absolute Gasteiger partial charge is 0.320 e. The molecule has 106 valence electrons. The fourth-order valence-electron chi connectivity index (χ4n) is 2.44. The van der Waals surface area contributed by atoms with Crippen molar-refractivity contribution in [1.82, 2.24) is 0 Å². The van der Waals surface area contributed by atoms with E-state index in [0.29, 0.717) is 0 Å². The van der Waals surface area contributed by atoms with Gasteiger partial charge in [-0.1, -0.05) is 59.6 Å². The number of hydrogen-bond donors (Lipinski definition) is 1. The maximum Gasteiger partial charge on any atom is 0.0554 e. The molecule has 0 saturated carbocycles. The van der Waals surface area contributed by atoms with Crippen molar-refractivity contribution in [1.29, 1.82) is 0 Å². The average molecular weight is 332 g/mol. The highest BCUT2D eigenvalue weighted by molar-refractivity contribution is 9.10. The predicted molar refractivity (Wildman–Crippen MR) is 90.0 cm³/mol. The van der Waals surface area contributed by atoms with Gasteiger partial charge in [-0.2, -0.15) is 0 Å². The Labute approximate surface area is 130 Å². The molecule has 0 bridgehead atoms. The van der Waals surface area contributed by atoms with E-state index in [2.05, 4.69) is 72.2 Å². The first-order valence-corrected chi connectivity index (χ1v) is 8.01. The Morgan fingerprint density at radius 2 is 1.80 bits per heavy atom. The van der Waals surface area contributed by atoms with Crippen molar-refractivity contribution in [2.45, 2.75) is 39.2 Å². The third-order valence-corrected chi connectivity index (χ3v) is 4.22. The predicted octanol–water partition coefficient (Wildman–Crippen LogP) is 5.15. The summed E-state index contributed by atoms with van der Waals surface area (Å²) >= 11 is 3.49. The zero-order chi connectivity index (χ0) is 14.5. The second kappa shape index (κ2) is 7.05. The first-order chi connectivity index (χ1) is 9.61. The van der Waals surface area contributed by atoms with Gasteiger partial charge in [0, 0.05) is 4.47 Å². The van der Waals surface area contributed by atoms with E-state index in [1.54, 1.807) is 0 Å². The first-order valence-electron chi connectivity index (χ1n) is 7.22. The molecule has 2 heteroatoms. The molecule has 0 heterocycles. The number of unbranched alkanes of at least 4 members (excludes halogenated alkanes) is 1. The highest BCUT2D eigenvalue weighted by atomic mass is 79.9. The maximum atomic E-state index is 6.40. The lowest BCUT2D eigenvalue weighted by Crippen LogP contribution is -2.13. The van der Waals surface area contributed by atoms with Gasteiger partial charge in [-0.15, -0.1) is 0 Å². The Kier molecular flexibility index (Phi) is 5.38. The quantitative estimate of drug-likeness (QED) is 0.805. The van der Waals surface area contributed by atoms with Crippen molar-refractivity contribution in [3.63, 3.8) is 0 Å². The van der Waals surface area contributed by atoms with Gasteiger partial charge in [-0.3, -0.25) is 0 Å². The zero-order valence-corrected chi connectivity index (χ0v) is 13.8. The molecule has 0 amide bonds. The summed E-state index contributed by atoms with van der Waals surface area (Å²) in [6.45, 7) is 4.33. The molecule has 0 saturated heterocycles. The Hall–Kier alpha value is -1.12. The highest BCUT2D eigenvalue weighted by Crippen LogP contribution is 2.25. The van der Waals surface area contributed by atoms with Gasteiger partial charge >= 0.3 is 0 Å². The second-order valence-electron chi connectivity index (χ2n) is 5.32. The van der Waals surface area contributed by atoms with E-state index in [4.69, 9.17) is 5.73 Å². The summed E-state index contributed by atoms with van der Waals surface area (Å²) in [6.07, 6.45) is 3.64. The van der Waals surface area contributed by atoms with Crippen LogP contribution in [0, 0.1) is 6.92 Å². The summed E-state index contributed by atoms with van der Waals surface area (Å²) in [5.74, 6) is 0. The lowest BCUT2D eigenvalue weighted by atomic mass is 9.94. The van der Waals surface area contributed by atoms with Crippen LogP contribution in [0.4, 0.5) is 0 Å². The van der Waals surface area contributed by atoms with Gasteiger partial charge in [0.05, 0.1) is 6.04 Å². The monoisotopic (exact) mass is 331 g/mol. The van der Waals surface area contributed by atoms with Crippen LogP contribution in [0.5, 0.6) is 0 Å². The van der Waals surface area contributed by atoms with Gasteiger partial charge in [0.1, 0.15) is 0 Å².